The second-order valence-corrected chi connectivity index (χ2v) is 5.81. The van der Waals surface area contributed by atoms with Gasteiger partial charge in [-0.25, -0.2) is 0 Å². The van der Waals surface area contributed by atoms with Crippen LogP contribution < -0.4 is 14.8 Å². The van der Waals surface area contributed by atoms with Gasteiger partial charge in [0.15, 0.2) is 11.5 Å². The normalized spacial score (nSPS) is 10.0. The predicted octanol–water partition coefficient (Wildman–Crippen LogP) is 4.99. The summed E-state index contributed by atoms with van der Waals surface area (Å²) < 4.78 is 11.6. The molecule has 0 aliphatic carbocycles. The van der Waals surface area contributed by atoms with E-state index in [4.69, 9.17) is 9.47 Å². The number of methoxy groups -OCH3 is 1. The Hall–Kier alpha value is -2.49. The van der Waals surface area contributed by atoms with Gasteiger partial charge in [0.2, 0.25) is 0 Å². The molecule has 0 amide bonds. The molecule has 0 saturated heterocycles. The maximum absolute atomic E-state index is 6.08. The second-order valence-electron chi connectivity index (χ2n) is 5.81. The first-order valence-corrected chi connectivity index (χ1v) is 8.44. The lowest BCUT2D eigenvalue weighted by Gasteiger charge is -2.16. The lowest BCUT2D eigenvalue weighted by Crippen LogP contribution is -2.14. The third-order valence-corrected chi connectivity index (χ3v) is 3.99. The molecule has 3 nitrogen and oxygen atoms in total. The van der Waals surface area contributed by atoms with Gasteiger partial charge in [0, 0.05) is 18.7 Å². The number of halogens is 1. The van der Waals surface area contributed by atoms with Crippen molar-refractivity contribution in [2.75, 3.05) is 7.11 Å². The summed E-state index contributed by atoms with van der Waals surface area (Å²) in [6, 6.07) is 26.5. The molecular formula is C22H24ClNO2. The van der Waals surface area contributed by atoms with Crippen molar-refractivity contribution in [3.8, 4) is 11.5 Å². The van der Waals surface area contributed by atoms with E-state index in [1.165, 1.54) is 5.56 Å². The number of ether oxygens (including phenoxy) is 2. The van der Waals surface area contributed by atoms with Crippen LogP contribution in [0.15, 0.2) is 78.9 Å². The van der Waals surface area contributed by atoms with E-state index >= 15 is 0 Å². The van der Waals surface area contributed by atoms with E-state index in [9.17, 15) is 0 Å². The zero-order chi connectivity index (χ0) is 17.3. The third-order valence-electron chi connectivity index (χ3n) is 3.99. The third kappa shape index (κ3) is 5.51. The molecule has 0 aliphatic heterocycles. The molecule has 136 valence electrons. The molecule has 4 heteroatoms. The Kier molecular flexibility index (Phi) is 8.00. The Morgan fingerprint density at radius 3 is 2.04 bits per heavy atom. The van der Waals surface area contributed by atoms with Crippen LogP contribution in [0.2, 0.25) is 0 Å². The first-order chi connectivity index (χ1) is 12.4. The van der Waals surface area contributed by atoms with E-state index in [-0.39, 0.29) is 12.4 Å². The van der Waals surface area contributed by atoms with Crippen LogP contribution in [0.1, 0.15) is 16.7 Å². The summed E-state index contributed by atoms with van der Waals surface area (Å²) in [5.41, 5.74) is 3.49. The van der Waals surface area contributed by atoms with Crippen molar-refractivity contribution >= 4 is 12.4 Å². The van der Waals surface area contributed by atoms with E-state index in [0.717, 1.165) is 35.7 Å². The summed E-state index contributed by atoms with van der Waals surface area (Å²) in [5.74, 6) is 1.56. The zero-order valence-electron chi connectivity index (χ0n) is 14.9. The molecule has 0 fully saturated rings. The van der Waals surface area contributed by atoms with Gasteiger partial charge in [0.25, 0.3) is 0 Å². The number of hydrogen-bond acceptors (Lipinski definition) is 3. The number of nitrogens with one attached hydrogen (secondary N) is 1. The maximum atomic E-state index is 6.08. The minimum absolute atomic E-state index is 0. The van der Waals surface area contributed by atoms with Gasteiger partial charge >= 0.3 is 0 Å². The monoisotopic (exact) mass is 369 g/mol. The van der Waals surface area contributed by atoms with E-state index < -0.39 is 0 Å². The average Bonchev–Trinajstić information content (AvgIpc) is 2.68. The molecule has 0 spiro atoms. The largest absolute Gasteiger partial charge is 0.493 e. The smallest absolute Gasteiger partial charge is 0.166 e. The summed E-state index contributed by atoms with van der Waals surface area (Å²) in [5, 5.41) is 3.47. The molecule has 3 rings (SSSR count). The van der Waals surface area contributed by atoms with E-state index in [2.05, 4.69) is 47.8 Å². The number of rotatable bonds is 8. The highest BCUT2D eigenvalue weighted by molar-refractivity contribution is 5.85. The molecule has 0 aliphatic rings. The summed E-state index contributed by atoms with van der Waals surface area (Å²) in [6.07, 6.45) is 0. The van der Waals surface area contributed by atoms with Crippen molar-refractivity contribution in [1.29, 1.82) is 0 Å². The van der Waals surface area contributed by atoms with Gasteiger partial charge in [-0.3, -0.25) is 0 Å². The lowest BCUT2D eigenvalue weighted by molar-refractivity contribution is 0.280. The fourth-order valence-electron chi connectivity index (χ4n) is 2.69. The van der Waals surface area contributed by atoms with Crippen LogP contribution >= 0.6 is 12.4 Å². The standard InChI is InChI=1S/C22H23NO2.ClH/c1-24-21-14-8-13-20(16-23-15-18-9-4-2-5-10-18)22(21)25-17-19-11-6-3-7-12-19;/h2-14,23H,15-17H2,1H3;1H. The first-order valence-electron chi connectivity index (χ1n) is 8.44. The van der Waals surface area contributed by atoms with Crippen molar-refractivity contribution < 1.29 is 9.47 Å². The van der Waals surface area contributed by atoms with Gasteiger partial charge in [-0.2, -0.15) is 0 Å². The summed E-state index contributed by atoms with van der Waals surface area (Å²) >= 11 is 0. The molecule has 0 saturated carbocycles. The summed E-state index contributed by atoms with van der Waals surface area (Å²) in [7, 11) is 1.67. The van der Waals surface area contributed by atoms with E-state index in [1.807, 2.05) is 36.4 Å². The van der Waals surface area contributed by atoms with Crippen LogP contribution in [0.3, 0.4) is 0 Å². The zero-order valence-corrected chi connectivity index (χ0v) is 15.7. The highest BCUT2D eigenvalue weighted by Gasteiger charge is 2.10. The molecule has 3 aromatic rings. The van der Waals surface area contributed by atoms with Crippen molar-refractivity contribution in [2.24, 2.45) is 0 Å². The Morgan fingerprint density at radius 1 is 0.731 bits per heavy atom. The molecular weight excluding hydrogens is 346 g/mol. The first kappa shape index (κ1) is 19.8. The number of para-hydroxylation sites is 1. The molecule has 3 aromatic carbocycles. The number of benzene rings is 3. The fraction of sp³-hybridized carbons (Fsp3) is 0.182. The fourth-order valence-corrected chi connectivity index (χ4v) is 2.69. The highest BCUT2D eigenvalue weighted by atomic mass is 35.5. The maximum Gasteiger partial charge on any atom is 0.166 e. The van der Waals surface area contributed by atoms with Crippen molar-refractivity contribution in [3.05, 3.63) is 95.6 Å². The minimum Gasteiger partial charge on any atom is -0.493 e. The average molecular weight is 370 g/mol. The molecule has 0 radical (unpaired) electrons. The lowest BCUT2D eigenvalue weighted by atomic mass is 10.1. The van der Waals surface area contributed by atoms with E-state index in [0.29, 0.717) is 6.61 Å². The molecule has 26 heavy (non-hydrogen) atoms. The molecule has 0 atom stereocenters. The van der Waals surface area contributed by atoms with Crippen molar-refractivity contribution in [3.63, 3.8) is 0 Å². The van der Waals surface area contributed by atoms with Crippen LogP contribution in [-0.2, 0) is 19.7 Å². The predicted molar refractivity (Wildman–Crippen MR) is 108 cm³/mol. The van der Waals surface area contributed by atoms with Crippen molar-refractivity contribution in [2.45, 2.75) is 19.7 Å². The summed E-state index contributed by atoms with van der Waals surface area (Å²) in [4.78, 5) is 0. The molecule has 0 bridgehead atoms. The topological polar surface area (TPSA) is 30.5 Å². The Labute approximate surface area is 161 Å². The van der Waals surface area contributed by atoms with Gasteiger partial charge in [-0.1, -0.05) is 72.8 Å². The van der Waals surface area contributed by atoms with Crippen LogP contribution in [-0.4, -0.2) is 7.11 Å². The second kappa shape index (κ2) is 10.5. The van der Waals surface area contributed by atoms with Gasteiger partial charge in [-0.05, 0) is 17.2 Å². The highest BCUT2D eigenvalue weighted by Crippen LogP contribution is 2.31. The molecule has 0 heterocycles. The van der Waals surface area contributed by atoms with Crippen LogP contribution in [0.5, 0.6) is 11.5 Å². The SMILES string of the molecule is COc1cccc(CNCc2ccccc2)c1OCc1ccccc1.Cl. The molecule has 0 unspecified atom stereocenters. The Morgan fingerprint density at radius 2 is 1.38 bits per heavy atom. The van der Waals surface area contributed by atoms with E-state index in [1.54, 1.807) is 7.11 Å². The van der Waals surface area contributed by atoms with Crippen molar-refractivity contribution in [1.82, 2.24) is 5.32 Å². The van der Waals surface area contributed by atoms with Gasteiger partial charge < -0.3 is 14.8 Å². The Balaban J connectivity index is 0.00000243. The Bertz CT molecular complexity index is 779. The van der Waals surface area contributed by atoms with Gasteiger partial charge in [0.05, 0.1) is 7.11 Å². The molecule has 0 aromatic heterocycles. The van der Waals surface area contributed by atoms with Crippen LogP contribution in [0.4, 0.5) is 0 Å². The van der Waals surface area contributed by atoms with Gasteiger partial charge in [0.1, 0.15) is 6.61 Å². The van der Waals surface area contributed by atoms with Crippen LogP contribution in [0.25, 0.3) is 0 Å². The van der Waals surface area contributed by atoms with Crippen LogP contribution in [0, 0.1) is 0 Å². The summed E-state index contributed by atoms with van der Waals surface area (Å²) in [6.45, 7) is 2.05. The van der Waals surface area contributed by atoms with Gasteiger partial charge in [-0.15, -0.1) is 12.4 Å². The minimum atomic E-state index is 0. The molecule has 1 N–H and O–H groups in total. The number of hydrogen-bond donors (Lipinski definition) is 1. The quantitative estimate of drug-likeness (QED) is 0.607.